The highest BCUT2D eigenvalue weighted by Gasteiger charge is 2.51. The molecule has 4 aliphatic rings. The molecule has 0 bridgehead atoms. The molecule has 198 valence electrons. The molecule has 2 aromatic heterocycles. The zero-order chi connectivity index (χ0) is 25.3. The Hall–Kier alpha value is -2.09. The number of nitrogens with zero attached hydrogens (tertiary/aromatic N) is 2. The van der Waals surface area contributed by atoms with Crippen LogP contribution in [0.4, 0.5) is 5.00 Å². The topological polar surface area (TPSA) is 71.5 Å². The number of aromatic nitrogens is 1. The summed E-state index contributed by atoms with van der Waals surface area (Å²) in [6.45, 7) is 4.23. The Balaban J connectivity index is 1.05. The van der Waals surface area contributed by atoms with Gasteiger partial charge < -0.3 is 15.0 Å². The van der Waals surface area contributed by atoms with Gasteiger partial charge >= 0.3 is 0 Å². The van der Waals surface area contributed by atoms with Gasteiger partial charge in [0, 0.05) is 61.3 Å². The highest BCUT2D eigenvalue weighted by atomic mass is 32.1. The van der Waals surface area contributed by atoms with Crippen molar-refractivity contribution >= 4 is 27.9 Å². The molecule has 2 spiro atoms. The Morgan fingerprint density at radius 3 is 2.49 bits per heavy atom. The molecule has 37 heavy (non-hydrogen) atoms. The predicted octanol–water partition coefficient (Wildman–Crippen LogP) is 5.20. The molecule has 2 saturated carbocycles. The van der Waals surface area contributed by atoms with Crippen LogP contribution in [0.3, 0.4) is 0 Å². The Morgan fingerprint density at radius 1 is 0.973 bits per heavy atom. The summed E-state index contributed by atoms with van der Waals surface area (Å²) in [5.74, 6) is 0.361. The van der Waals surface area contributed by atoms with Crippen molar-refractivity contribution in [1.82, 2.24) is 10.3 Å². The molecular weight excluding hydrogens is 482 g/mol. The van der Waals surface area contributed by atoms with E-state index in [0.717, 1.165) is 52.0 Å². The molecule has 4 fully saturated rings. The highest BCUT2D eigenvalue weighted by molar-refractivity contribution is 7.16. The number of thiophene rings is 1. The number of hydrogen-bond acceptors (Lipinski definition) is 7. The van der Waals surface area contributed by atoms with E-state index in [0.29, 0.717) is 25.7 Å². The van der Waals surface area contributed by atoms with Crippen LogP contribution in [-0.4, -0.2) is 48.4 Å². The monoisotopic (exact) mass is 521 g/mol. The van der Waals surface area contributed by atoms with Crippen LogP contribution < -0.4 is 10.2 Å². The second-order valence-electron chi connectivity index (χ2n) is 11.7. The van der Waals surface area contributed by atoms with Crippen LogP contribution in [0.15, 0.2) is 36.5 Å². The van der Waals surface area contributed by atoms with Crippen LogP contribution in [0, 0.1) is 5.41 Å². The van der Waals surface area contributed by atoms with Gasteiger partial charge in [0.15, 0.2) is 0 Å². The first-order chi connectivity index (χ1) is 18.0. The lowest BCUT2D eigenvalue weighted by molar-refractivity contribution is -0.136. The van der Waals surface area contributed by atoms with Gasteiger partial charge in [0.2, 0.25) is 0 Å². The minimum absolute atomic E-state index is 0.0547. The lowest BCUT2D eigenvalue weighted by Crippen LogP contribution is -2.47. The Morgan fingerprint density at radius 2 is 1.76 bits per heavy atom. The molecule has 6 rings (SSSR count). The van der Waals surface area contributed by atoms with E-state index in [1.54, 1.807) is 0 Å². The van der Waals surface area contributed by atoms with Crippen LogP contribution in [0.2, 0.25) is 0 Å². The molecule has 6 nitrogen and oxygen atoms in total. The first-order valence-corrected chi connectivity index (χ1v) is 15.0. The van der Waals surface area contributed by atoms with Gasteiger partial charge in [-0.3, -0.25) is 14.6 Å². The fourth-order valence-electron chi connectivity index (χ4n) is 7.49. The average Bonchev–Trinajstić information content (AvgIpc) is 3.65. The molecule has 0 amide bonds. The Labute approximate surface area is 224 Å². The van der Waals surface area contributed by atoms with Crippen molar-refractivity contribution in [3.05, 3.63) is 47.1 Å². The molecule has 2 saturated heterocycles. The Kier molecular flexibility index (Phi) is 6.97. The minimum atomic E-state index is -0.664. The number of piperidine rings is 1. The van der Waals surface area contributed by atoms with Gasteiger partial charge in [0.1, 0.15) is 11.6 Å². The maximum atomic E-state index is 12.4. The molecule has 0 radical (unpaired) electrons. The molecule has 7 heteroatoms. The van der Waals surface area contributed by atoms with E-state index in [-0.39, 0.29) is 22.6 Å². The summed E-state index contributed by atoms with van der Waals surface area (Å²) in [5.41, 5.74) is 0.699. The lowest BCUT2D eigenvalue weighted by Gasteiger charge is -2.46. The number of Topliss-reactive ketones (excluding diaryl/α,β-unsaturated/α-hetero) is 2. The van der Waals surface area contributed by atoms with E-state index in [1.807, 2.05) is 23.6 Å². The van der Waals surface area contributed by atoms with Gasteiger partial charge in [-0.1, -0.05) is 18.9 Å². The number of ketones is 2. The maximum Gasteiger partial charge on any atom is 0.146 e. The molecule has 2 aromatic rings. The zero-order valence-corrected chi connectivity index (χ0v) is 22.6. The van der Waals surface area contributed by atoms with E-state index >= 15 is 0 Å². The maximum absolute atomic E-state index is 12.4. The van der Waals surface area contributed by atoms with Gasteiger partial charge in [-0.05, 0) is 75.8 Å². The van der Waals surface area contributed by atoms with Crippen molar-refractivity contribution in [3.8, 4) is 0 Å². The molecule has 0 aromatic carbocycles. The van der Waals surface area contributed by atoms with Crippen molar-refractivity contribution in [3.63, 3.8) is 0 Å². The van der Waals surface area contributed by atoms with Crippen LogP contribution in [0.5, 0.6) is 0 Å². The quantitative estimate of drug-likeness (QED) is 0.399. The average molecular weight is 522 g/mol. The predicted molar refractivity (Wildman–Crippen MR) is 146 cm³/mol. The number of rotatable bonds is 7. The lowest BCUT2D eigenvalue weighted by atomic mass is 9.68. The number of carbonyl (C=O) groups is 2. The first kappa shape index (κ1) is 25.2. The molecule has 1 atom stereocenters. The molecule has 1 N–H and O–H groups in total. The number of ether oxygens (including phenoxy) is 1. The Bertz CT molecular complexity index is 1100. The van der Waals surface area contributed by atoms with Crippen molar-refractivity contribution in [2.45, 2.75) is 88.2 Å². The summed E-state index contributed by atoms with van der Waals surface area (Å²) in [7, 11) is 0. The second kappa shape index (κ2) is 10.2. The summed E-state index contributed by atoms with van der Waals surface area (Å²) in [4.78, 5) is 33.3. The molecule has 2 aliphatic carbocycles. The van der Waals surface area contributed by atoms with E-state index in [4.69, 9.17) is 9.72 Å². The standard InChI is InChI=1S/C30H39N3O3S/c34-25-7-8-26(35)30(25)13-18-33(19-14-30)27-9-6-23(37-27)21-31-17-12-28(24-5-1-4-16-32-24)15-20-36-29(22-28)10-2-3-11-29/h1,4-6,9,16,31H,2-3,7-8,10-15,17-22H2. The first-order valence-electron chi connectivity index (χ1n) is 14.2. The zero-order valence-electron chi connectivity index (χ0n) is 21.8. The van der Waals surface area contributed by atoms with E-state index in [2.05, 4.69) is 34.5 Å². The van der Waals surface area contributed by atoms with Crippen LogP contribution in [-0.2, 0) is 26.3 Å². The number of anilines is 1. The van der Waals surface area contributed by atoms with Crippen molar-refractivity contribution in [2.75, 3.05) is 31.1 Å². The van der Waals surface area contributed by atoms with Gasteiger partial charge in [-0.15, -0.1) is 11.3 Å². The SMILES string of the molecule is O=C1CCC(=O)C12CCN(c1ccc(CNCCC3(c4ccccn4)CCOC4(CCCC4)C3)s1)CC2. The summed E-state index contributed by atoms with van der Waals surface area (Å²) >= 11 is 1.83. The third-order valence-electron chi connectivity index (χ3n) is 9.67. The van der Waals surface area contributed by atoms with Crippen LogP contribution >= 0.6 is 11.3 Å². The van der Waals surface area contributed by atoms with Crippen molar-refractivity contribution in [1.29, 1.82) is 0 Å². The minimum Gasteiger partial charge on any atom is -0.375 e. The van der Waals surface area contributed by atoms with Gasteiger partial charge in [0.05, 0.1) is 16.0 Å². The molecule has 2 aliphatic heterocycles. The number of nitrogens with one attached hydrogen (secondary N) is 1. The summed E-state index contributed by atoms with van der Waals surface area (Å²) < 4.78 is 6.39. The van der Waals surface area contributed by atoms with Crippen LogP contribution in [0.1, 0.15) is 81.2 Å². The van der Waals surface area contributed by atoms with E-state index < -0.39 is 5.41 Å². The van der Waals surface area contributed by atoms with Gasteiger partial charge in [-0.25, -0.2) is 0 Å². The summed E-state index contributed by atoms with van der Waals surface area (Å²) in [6, 6.07) is 10.8. The normalized spacial score (nSPS) is 27.0. The molecule has 1 unspecified atom stereocenters. The van der Waals surface area contributed by atoms with Gasteiger partial charge in [-0.2, -0.15) is 0 Å². The van der Waals surface area contributed by atoms with Crippen LogP contribution in [0.25, 0.3) is 0 Å². The van der Waals surface area contributed by atoms with Gasteiger partial charge in [0.25, 0.3) is 0 Å². The number of hydrogen-bond donors (Lipinski definition) is 1. The molecular formula is C30H39N3O3S. The molecule has 4 heterocycles. The highest BCUT2D eigenvalue weighted by Crippen LogP contribution is 2.49. The van der Waals surface area contributed by atoms with Crippen molar-refractivity contribution in [2.24, 2.45) is 5.41 Å². The summed E-state index contributed by atoms with van der Waals surface area (Å²) in [6.07, 6.45) is 12.3. The smallest absolute Gasteiger partial charge is 0.146 e. The second-order valence-corrected chi connectivity index (χ2v) is 12.9. The third kappa shape index (κ3) is 4.79. The fourth-order valence-corrected chi connectivity index (χ4v) is 8.52. The summed E-state index contributed by atoms with van der Waals surface area (Å²) in [5, 5.41) is 4.98. The number of carbonyl (C=O) groups excluding carboxylic acids is 2. The van der Waals surface area contributed by atoms with Crippen molar-refractivity contribution < 1.29 is 14.3 Å². The fraction of sp³-hybridized carbons (Fsp3) is 0.633. The number of pyridine rings is 1. The van der Waals surface area contributed by atoms with E-state index in [1.165, 1.54) is 41.3 Å². The van der Waals surface area contributed by atoms with E-state index in [9.17, 15) is 9.59 Å². The third-order valence-corrected chi connectivity index (χ3v) is 10.8. The largest absolute Gasteiger partial charge is 0.375 e.